The minimum atomic E-state index is -1.06. The minimum Gasteiger partial charge on any atom is -0.497 e. The van der Waals surface area contributed by atoms with Crippen LogP contribution in [0.4, 0.5) is 10.5 Å². The second-order valence-electron chi connectivity index (χ2n) is 7.13. The monoisotopic (exact) mass is 478 g/mol. The molecule has 1 fully saturated rings. The molecule has 0 aliphatic carbocycles. The number of rotatable bonds is 7. The number of carbonyl (C=O) groups excluding carboxylic acids is 3. The third-order valence-electron chi connectivity index (χ3n) is 4.84. The molecule has 3 aromatic rings. The molecule has 34 heavy (non-hydrogen) atoms. The van der Waals surface area contributed by atoms with Crippen LogP contribution in [0.15, 0.2) is 70.0 Å². The third-order valence-corrected chi connectivity index (χ3v) is 5.75. The summed E-state index contributed by atoms with van der Waals surface area (Å²) >= 11 is 0.706. The number of carboxylic acids is 1. The highest BCUT2D eigenvalue weighted by Gasteiger charge is 2.36. The Kier molecular flexibility index (Phi) is 6.51. The first-order valence-corrected chi connectivity index (χ1v) is 10.8. The Hall–Kier alpha value is -4.31. The van der Waals surface area contributed by atoms with Gasteiger partial charge in [0, 0.05) is 17.3 Å². The fourth-order valence-corrected chi connectivity index (χ4v) is 3.99. The minimum absolute atomic E-state index is 0.113. The summed E-state index contributed by atoms with van der Waals surface area (Å²) in [6.07, 6.45) is 1.41. The van der Waals surface area contributed by atoms with Gasteiger partial charge in [-0.15, -0.1) is 0 Å². The first-order valence-electron chi connectivity index (χ1n) is 9.97. The number of aromatic carboxylic acids is 1. The lowest BCUT2D eigenvalue weighted by Crippen LogP contribution is -2.36. The Morgan fingerprint density at radius 1 is 1.12 bits per heavy atom. The number of hydrogen-bond donors (Lipinski definition) is 2. The number of nitrogens with zero attached hydrogens (tertiary/aromatic N) is 1. The van der Waals surface area contributed by atoms with Gasteiger partial charge < -0.3 is 19.6 Å². The summed E-state index contributed by atoms with van der Waals surface area (Å²) < 4.78 is 10.8. The predicted octanol–water partition coefficient (Wildman–Crippen LogP) is 4.33. The number of nitrogens with one attached hydrogen (secondary N) is 1. The summed E-state index contributed by atoms with van der Waals surface area (Å²) in [5.41, 5.74) is 1.18. The SMILES string of the molecule is COc1ccc(NC(=O)CN2C(=O)S/C(=C/c3ccc(-c4cccc(C(=O)O)c4)o3)C2=O)cc1. The quantitative estimate of drug-likeness (QED) is 0.481. The van der Waals surface area contributed by atoms with E-state index in [4.69, 9.17) is 14.3 Å². The largest absolute Gasteiger partial charge is 0.497 e. The van der Waals surface area contributed by atoms with E-state index < -0.39 is 29.6 Å². The van der Waals surface area contributed by atoms with Crippen LogP contribution >= 0.6 is 11.8 Å². The van der Waals surface area contributed by atoms with Crippen molar-refractivity contribution in [2.24, 2.45) is 0 Å². The van der Waals surface area contributed by atoms with Gasteiger partial charge in [-0.3, -0.25) is 19.3 Å². The number of furan rings is 1. The second kappa shape index (κ2) is 9.67. The summed E-state index contributed by atoms with van der Waals surface area (Å²) in [5, 5.41) is 11.2. The smallest absolute Gasteiger partial charge is 0.335 e. The maximum Gasteiger partial charge on any atom is 0.335 e. The molecule has 0 saturated carbocycles. The van der Waals surface area contributed by atoms with E-state index in [-0.39, 0.29) is 10.5 Å². The van der Waals surface area contributed by atoms with E-state index in [9.17, 15) is 19.2 Å². The van der Waals surface area contributed by atoms with Gasteiger partial charge in [0.1, 0.15) is 23.8 Å². The molecule has 10 heteroatoms. The molecule has 1 saturated heterocycles. The zero-order valence-electron chi connectivity index (χ0n) is 17.8. The van der Waals surface area contributed by atoms with Crippen LogP contribution in [0, 0.1) is 0 Å². The number of thioether (sulfide) groups is 1. The van der Waals surface area contributed by atoms with Crippen LogP contribution in [0.1, 0.15) is 16.1 Å². The molecule has 0 atom stereocenters. The van der Waals surface area contributed by atoms with E-state index in [0.717, 1.165) is 4.90 Å². The number of imide groups is 1. The van der Waals surface area contributed by atoms with Crippen molar-refractivity contribution in [3.8, 4) is 17.1 Å². The number of benzene rings is 2. The molecule has 9 nitrogen and oxygen atoms in total. The van der Waals surface area contributed by atoms with E-state index >= 15 is 0 Å². The molecule has 2 aromatic carbocycles. The molecule has 0 unspecified atom stereocenters. The van der Waals surface area contributed by atoms with Gasteiger partial charge in [-0.1, -0.05) is 12.1 Å². The van der Waals surface area contributed by atoms with Gasteiger partial charge in [0.2, 0.25) is 5.91 Å². The number of carbonyl (C=O) groups is 4. The summed E-state index contributed by atoms with van der Waals surface area (Å²) in [6.45, 7) is -0.431. The third kappa shape index (κ3) is 5.02. The number of amides is 3. The van der Waals surface area contributed by atoms with Gasteiger partial charge in [-0.25, -0.2) is 4.79 Å². The molecule has 4 rings (SSSR count). The van der Waals surface area contributed by atoms with Crippen LogP contribution in [-0.2, 0) is 9.59 Å². The molecule has 2 N–H and O–H groups in total. The molecule has 1 aliphatic rings. The average molecular weight is 478 g/mol. The standard InChI is InChI=1S/C24H18N2O7S/c1-32-17-7-5-16(6-8-17)25-21(27)13-26-22(28)20(34-24(26)31)12-18-9-10-19(33-18)14-3-2-4-15(11-14)23(29)30/h2-12H,13H2,1H3,(H,25,27)(H,29,30)/b20-12+. The maximum absolute atomic E-state index is 12.7. The molecule has 1 aliphatic heterocycles. The van der Waals surface area contributed by atoms with Crippen LogP contribution in [0.25, 0.3) is 17.4 Å². The van der Waals surface area contributed by atoms with Crippen molar-refractivity contribution < 1.29 is 33.4 Å². The van der Waals surface area contributed by atoms with Crippen LogP contribution in [0.3, 0.4) is 0 Å². The molecule has 0 bridgehead atoms. The van der Waals surface area contributed by atoms with E-state index in [2.05, 4.69) is 5.32 Å². The summed E-state index contributed by atoms with van der Waals surface area (Å²) in [5.74, 6) is -0.836. The normalized spacial score (nSPS) is 14.5. The van der Waals surface area contributed by atoms with Crippen molar-refractivity contribution in [3.05, 3.63) is 76.9 Å². The molecule has 0 spiro atoms. The van der Waals surface area contributed by atoms with Crippen LogP contribution in [0.5, 0.6) is 5.75 Å². The molecule has 2 heterocycles. The zero-order chi connectivity index (χ0) is 24.2. The summed E-state index contributed by atoms with van der Waals surface area (Å²) in [6, 6.07) is 16.1. The summed E-state index contributed by atoms with van der Waals surface area (Å²) in [7, 11) is 1.53. The highest BCUT2D eigenvalue weighted by Crippen LogP contribution is 2.33. The molecular formula is C24H18N2O7S. The van der Waals surface area contributed by atoms with Gasteiger partial charge in [0.15, 0.2) is 0 Å². The lowest BCUT2D eigenvalue weighted by atomic mass is 10.1. The lowest BCUT2D eigenvalue weighted by molar-refractivity contribution is -0.127. The van der Waals surface area contributed by atoms with Gasteiger partial charge in [0.25, 0.3) is 11.1 Å². The first-order chi connectivity index (χ1) is 16.3. The van der Waals surface area contributed by atoms with E-state index in [1.165, 1.54) is 25.3 Å². The zero-order valence-corrected chi connectivity index (χ0v) is 18.6. The Morgan fingerprint density at radius 2 is 1.88 bits per heavy atom. The van der Waals surface area contributed by atoms with Crippen molar-refractivity contribution in [1.29, 1.82) is 0 Å². The molecule has 1 aromatic heterocycles. The van der Waals surface area contributed by atoms with E-state index in [0.29, 0.717) is 40.3 Å². The van der Waals surface area contributed by atoms with Gasteiger partial charge in [-0.05, 0) is 60.3 Å². The van der Waals surface area contributed by atoms with Crippen molar-refractivity contribution in [3.63, 3.8) is 0 Å². The lowest BCUT2D eigenvalue weighted by Gasteiger charge is -2.12. The van der Waals surface area contributed by atoms with Crippen LogP contribution in [0.2, 0.25) is 0 Å². The highest BCUT2D eigenvalue weighted by atomic mass is 32.2. The van der Waals surface area contributed by atoms with Crippen molar-refractivity contribution in [1.82, 2.24) is 4.90 Å². The number of ether oxygens (including phenoxy) is 1. The van der Waals surface area contributed by atoms with Crippen LogP contribution in [-0.4, -0.2) is 46.7 Å². The average Bonchev–Trinajstić information content (AvgIpc) is 3.40. The van der Waals surface area contributed by atoms with Crippen molar-refractivity contribution >= 4 is 46.5 Å². The topological polar surface area (TPSA) is 126 Å². The Balaban J connectivity index is 1.44. The maximum atomic E-state index is 12.7. The molecular weight excluding hydrogens is 460 g/mol. The number of hydrogen-bond acceptors (Lipinski definition) is 7. The molecule has 3 amide bonds. The van der Waals surface area contributed by atoms with E-state index in [1.54, 1.807) is 48.5 Å². The fourth-order valence-electron chi connectivity index (χ4n) is 3.18. The Labute approximate surface area is 198 Å². The van der Waals surface area contributed by atoms with E-state index in [1.807, 2.05) is 0 Å². The number of methoxy groups -OCH3 is 1. The fraction of sp³-hybridized carbons (Fsp3) is 0.0833. The number of anilines is 1. The summed E-state index contributed by atoms with van der Waals surface area (Å²) in [4.78, 5) is 49.5. The first kappa shape index (κ1) is 22.9. The Bertz CT molecular complexity index is 1310. The Morgan fingerprint density at radius 3 is 2.59 bits per heavy atom. The van der Waals surface area contributed by atoms with Gasteiger partial charge in [-0.2, -0.15) is 0 Å². The van der Waals surface area contributed by atoms with Crippen molar-refractivity contribution in [2.75, 3.05) is 19.0 Å². The molecule has 0 radical (unpaired) electrons. The van der Waals surface area contributed by atoms with Gasteiger partial charge in [0.05, 0.1) is 17.6 Å². The second-order valence-corrected chi connectivity index (χ2v) is 8.13. The van der Waals surface area contributed by atoms with Gasteiger partial charge >= 0.3 is 5.97 Å². The predicted molar refractivity (Wildman–Crippen MR) is 125 cm³/mol. The van der Waals surface area contributed by atoms with Crippen molar-refractivity contribution in [2.45, 2.75) is 0 Å². The highest BCUT2D eigenvalue weighted by molar-refractivity contribution is 8.18. The number of carboxylic acid groups (broad SMARTS) is 1. The van der Waals surface area contributed by atoms with Crippen LogP contribution < -0.4 is 10.1 Å². The molecule has 172 valence electrons.